The summed E-state index contributed by atoms with van der Waals surface area (Å²) in [7, 11) is 0. The first-order valence-corrected chi connectivity index (χ1v) is 6.59. The molecule has 0 amide bonds. The fourth-order valence-electron chi connectivity index (χ4n) is 2.03. The van der Waals surface area contributed by atoms with Crippen LogP contribution in [0.1, 0.15) is 32.3 Å². The molecule has 90 valence electrons. The first kappa shape index (κ1) is 13.5. The Balaban J connectivity index is 2.52. The molecule has 0 bridgehead atoms. The maximum atomic E-state index is 5.99. The Hall–Kier alpha value is -0.530. The van der Waals surface area contributed by atoms with E-state index in [1.165, 1.54) is 18.4 Å². The van der Waals surface area contributed by atoms with Crippen LogP contribution in [-0.4, -0.2) is 13.1 Å². The van der Waals surface area contributed by atoms with Crippen molar-refractivity contribution in [2.45, 2.75) is 33.1 Å². The van der Waals surface area contributed by atoms with Gasteiger partial charge in [-0.15, -0.1) is 0 Å². The minimum absolute atomic E-state index is 0.725. The van der Waals surface area contributed by atoms with E-state index in [0.29, 0.717) is 0 Å². The number of hydrogen-bond acceptors (Lipinski definition) is 1. The second-order valence-corrected chi connectivity index (χ2v) is 4.73. The van der Waals surface area contributed by atoms with Crippen LogP contribution in [0.5, 0.6) is 0 Å². The summed E-state index contributed by atoms with van der Waals surface area (Å²) >= 11 is 5.99. The van der Waals surface area contributed by atoms with Crippen LogP contribution < -0.4 is 5.32 Å². The monoisotopic (exact) mass is 239 g/mol. The molecule has 0 saturated heterocycles. The van der Waals surface area contributed by atoms with Crippen LogP contribution in [0.4, 0.5) is 0 Å². The van der Waals surface area contributed by atoms with Crippen molar-refractivity contribution in [3.8, 4) is 0 Å². The van der Waals surface area contributed by atoms with Gasteiger partial charge >= 0.3 is 0 Å². The van der Waals surface area contributed by atoms with Gasteiger partial charge in [0.2, 0.25) is 0 Å². The highest BCUT2D eigenvalue weighted by Crippen LogP contribution is 2.17. The van der Waals surface area contributed by atoms with E-state index in [-0.39, 0.29) is 0 Å². The van der Waals surface area contributed by atoms with Gasteiger partial charge < -0.3 is 5.32 Å². The first-order chi connectivity index (χ1) is 7.76. The van der Waals surface area contributed by atoms with Crippen LogP contribution in [-0.2, 0) is 6.42 Å². The van der Waals surface area contributed by atoms with Crippen molar-refractivity contribution in [3.05, 3.63) is 34.9 Å². The fraction of sp³-hybridized carbons (Fsp3) is 0.571. The van der Waals surface area contributed by atoms with Crippen molar-refractivity contribution in [1.29, 1.82) is 0 Å². The second kappa shape index (κ2) is 7.70. The van der Waals surface area contributed by atoms with Crippen LogP contribution in [0.2, 0.25) is 5.02 Å². The largest absolute Gasteiger partial charge is 0.317 e. The Kier molecular flexibility index (Phi) is 6.51. The van der Waals surface area contributed by atoms with Crippen LogP contribution in [0, 0.1) is 5.92 Å². The summed E-state index contributed by atoms with van der Waals surface area (Å²) in [5.74, 6) is 0.725. The lowest BCUT2D eigenvalue weighted by atomic mass is 9.95. The van der Waals surface area contributed by atoms with Crippen LogP contribution >= 0.6 is 11.6 Å². The highest BCUT2D eigenvalue weighted by Gasteiger charge is 2.08. The molecule has 0 saturated carbocycles. The Morgan fingerprint density at radius 2 is 2.12 bits per heavy atom. The molecule has 0 fully saturated rings. The third kappa shape index (κ3) is 5.00. The standard InChI is InChI=1S/C14H22ClN/c1-3-6-13(11-16-4-2)9-12-7-5-8-14(15)10-12/h5,7-8,10,13,16H,3-4,6,9,11H2,1-2H3. The van der Waals surface area contributed by atoms with E-state index in [1.807, 2.05) is 12.1 Å². The van der Waals surface area contributed by atoms with Crippen molar-refractivity contribution < 1.29 is 0 Å². The molecule has 16 heavy (non-hydrogen) atoms. The lowest BCUT2D eigenvalue weighted by Gasteiger charge is -2.16. The fourth-order valence-corrected chi connectivity index (χ4v) is 2.24. The lowest BCUT2D eigenvalue weighted by molar-refractivity contribution is 0.444. The second-order valence-electron chi connectivity index (χ2n) is 4.30. The number of nitrogens with one attached hydrogen (secondary N) is 1. The molecule has 0 aliphatic rings. The molecule has 2 heteroatoms. The molecule has 1 rings (SSSR count). The van der Waals surface area contributed by atoms with E-state index in [2.05, 4.69) is 31.3 Å². The Morgan fingerprint density at radius 3 is 2.75 bits per heavy atom. The molecule has 0 aliphatic heterocycles. The van der Waals surface area contributed by atoms with Crippen LogP contribution in [0.25, 0.3) is 0 Å². The molecule has 0 radical (unpaired) electrons. The van der Waals surface area contributed by atoms with Gasteiger partial charge in [-0.3, -0.25) is 0 Å². The number of benzene rings is 1. The van der Waals surface area contributed by atoms with Gasteiger partial charge in [0, 0.05) is 5.02 Å². The minimum atomic E-state index is 0.725. The van der Waals surface area contributed by atoms with Gasteiger partial charge in [-0.25, -0.2) is 0 Å². The smallest absolute Gasteiger partial charge is 0.0408 e. The minimum Gasteiger partial charge on any atom is -0.317 e. The van der Waals surface area contributed by atoms with E-state index in [0.717, 1.165) is 30.5 Å². The zero-order chi connectivity index (χ0) is 11.8. The maximum Gasteiger partial charge on any atom is 0.0408 e. The molecule has 1 N–H and O–H groups in total. The molecular formula is C14H22ClN. The summed E-state index contributed by atoms with van der Waals surface area (Å²) in [5.41, 5.74) is 1.35. The molecule has 1 aromatic rings. The molecule has 1 nitrogen and oxygen atoms in total. The number of hydrogen-bond donors (Lipinski definition) is 1. The SMILES string of the molecule is CCCC(CNCC)Cc1cccc(Cl)c1. The number of halogens is 1. The van der Waals surface area contributed by atoms with E-state index in [1.54, 1.807) is 0 Å². The molecule has 0 aliphatic carbocycles. The highest BCUT2D eigenvalue weighted by molar-refractivity contribution is 6.30. The summed E-state index contributed by atoms with van der Waals surface area (Å²) in [6.07, 6.45) is 3.65. The van der Waals surface area contributed by atoms with Gasteiger partial charge in [-0.1, -0.05) is 44.0 Å². The molecule has 1 unspecified atom stereocenters. The van der Waals surface area contributed by atoms with Crippen molar-refractivity contribution in [2.75, 3.05) is 13.1 Å². The third-order valence-electron chi connectivity index (χ3n) is 2.79. The van der Waals surface area contributed by atoms with Crippen molar-refractivity contribution in [1.82, 2.24) is 5.32 Å². The van der Waals surface area contributed by atoms with E-state index in [9.17, 15) is 0 Å². The lowest BCUT2D eigenvalue weighted by Crippen LogP contribution is -2.24. The van der Waals surface area contributed by atoms with Crippen LogP contribution in [0.15, 0.2) is 24.3 Å². The Bertz CT molecular complexity index is 299. The van der Waals surface area contributed by atoms with Crippen LogP contribution in [0.3, 0.4) is 0 Å². The van der Waals surface area contributed by atoms with Crippen molar-refractivity contribution in [3.63, 3.8) is 0 Å². The first-order valence-electron chi connectivity index (χ1n) is 6.21. The van der Waals surface area contributed by atoms with Gasteiger partial charge in [-0.05, 0) is 49.5 Å². The summed E-state index contributed by atoms with van der Waals surface area (Å²) in [4.78, 5) is 0. The molecular weight excluding hydrogens is 218 g/mol. The van der Waals surface area contributed by atoms with Crippen molar-refractivity contribution >= 4 is 11.6 Å². The number of rotatable bonds is 7. The third-order valence-corrected chi connectivity index (χ3v) is 3.03. The average molecular weight is 240 g/mol. The van der Waals surface area contributed by atoms with Gasteiger partial charge in [0.15, 0.2) is 0 Å². The predicted octanol–water partition coefficient (Wildman–Crippen LogP) is 3.91. The normalized spacial score (nSPS) is 12.7. The molecule has 0 aromatic heterocycles. The van der Waals surface area contributed by atoms with E-state index in [4.69, 9.17) is 11.6 Å². The van der Waals surface area contributed by atoms with Gasteiger partial charge in [-0.2, -0.15) is 0 Å². The Morgan fingerprint density at radius 1 is 1.31 bits per heavy atom. The summed E-state index contributed by atoms with van der Waals surface area (Å²) < 4.78 is 0. The quantitative estimate of drug-likeness (QED) is 0.761. The van der Waals surface area contributed by atoms with E-state index < -0.39 is 0 Å². The molecule has 1 atom stereocenters. The van der Waals surface area contributed by atoms with E-state index >= 15 is 0 Å². The molecule has 0 heterocycles. The molecule has 1 aromatic carbocycles. The van der Waals surface area contributed by atoms with Gasteiger partial charge in [0.25, 0.3) is 0 Å². The zero-order valence-electron chi connectivity index (χ0n) is 10.3. The van der Waals surface area contributed by atoms with Gasteiger partial charge in [0.1, 0.15) is 0 Å². The topological polar surface area (TPSA) is 12.0 Å². The summed E-state index contributed by atoms with van der Waals surface area (Å²) in [6.45, 7) is 6.56. The zero-order valence-corrected chi connectivity index (χ0v) is 11.1. The Labute approximate surface area is 104 Å². The summed E-state index contributed by atoms with van der Waals surface area (Å²) in [5, 5.41) is 4.28. The summed E-state index contributed by atoms with van der Waals surface area (Å²) in [6, 6.07) is 8.22. The van der Waals surface area contributed by atoms with Gasteiger partial charge in [0.05, 0.1) is 0 Å². The average Bonchev–Trinajstić information content (AvgIpc) is 2.26. The highest BCUT2D eigenvalue weighted by atomic mass is 35.5. The van der Waals surface area contributed by atoms with Crippen molar-refractivity contribution in [2.24, 2.45) is 5.92 Å². The maximum absolute atomic E-state index is 5.99. The molecule has 0 spiro atoms. The predicted molar refractivity (Wildman–Crippen MR) is 72.1 cm³/mol.